The second kappa shape index (κ2) is 20.0. The maximum Gasteiger partial charge on any atom is 0.253 e. The van der Waals surface area contributed by atoms with Gasteiger partial charge in [-0.25, -0.2) is 4.68 Å². The number of anilines is 1. The molecular weight excluding hydrogens is 711 g/mol. The molecule has 0 saturated carbocycles. The van der Waals surface area contributed by atoms with Gasteiger partial charge in [0.1, 0.15) is 11.6 Å². The summed E-state index contributed by atoms with van der Waals surface area (Å²) >= 11 is 1.09. The molecule has 0 aliphatic carbocycles. The van der Waals surface area contributed by atoms with Crippen molar-refractivity contribution in [3.8, 4) is 11.8 Å². The Balaban J connectivity index is 0.00000833. The number of nitrogen functional groups attached to an aromatic ring is 1. The van der Waals surface area contributed by atoms with Gasteiger partial charge in [-0.3, -0.25) is 9.59 Å². The van der Waals surface area contributed by atoms with E-state index >= 15 is 0 Å². The summed E-state index contributed by atoms with van der Waals surface area (Å²) in [4.78, 5) is 32.1. The summed E-state index contributed by atoms with van der Waals surface area (Å²) in [6, 6.07) is 7.40. The Morgan fingerprint density at radius 1 is 0.878 bits per heavy atom. The van der Waals surface area contributed by atoms with Crippen molar-refractivity contribution in [1.82, 2.24) is 24.0 Å². The number of aryl methyl sites for hydroxylation is 1. The average molecular weight is 765 g/mol. The summed E-state index contributed by atoms with van der Waals surface area (Å²) in [5.41, 5.74) is 9.56. The van der Waals surface area contributed by atoms with Crippen LogP contribution in [0.1, 0.15) is 138 Å². The van der Waals surface area contributed by atoms with Gasteiger partial charge in [0.25, 0.3) is 11.8 Å². The maximum absolute atomic E-state index is 14.1. The number of rotatable bonds is 17. The number of hydrogen-bond acceptors (Lipinski definition) is 9. The van der Waals surface area contributed by atoms with Gasteiger partial charge in [0.05, 0.1) is 17.1 Å². The summed E-state index contributed by atoms with van der Waals surface area (Å²) < 4.78 is 5.79. The van der Waals surface area contributed by atoms with Crippen LogP contribution in [0, 0.1) is 18.3 Å². The molecule has 3 aromatic rings. The topological polar surface area (TPSA) is 146 Å². The Morgan fingerprint density at radius 2 is 1.35 bits per heavy atom. The van der Waals surface area contributed by atoms with Gasteiger partial charge in [0, 0.05) is 75.4 Å². The van der Waals surface area contributed by atoms with Crippen LogP contribution >= 0.6 is 11.5 Å². The number of amides is 2. The minimum Gasteiger partial charge on any atom is -0.382 e. The molecule has 2 aromatic heterocycles. The molecule has 13 heteroatoms. The molecule has 2 heterocycles. The first-order chi connectivity index (χ1) is 22.9. The molecule has 0 aliphatic rings. The van der Waals surface area contributed by atoms with Gasteiger partial charge in [-0.2, -0.15) is 14.7 Å². The van der Waals surface area contributed by atoms with Gasteiger partial charge in [0.15, 0.2) is 16.5 Å². The van der Waals surface area contributed by atoms with Crippen molar-refractivity contribution in [2.75, 3.05) is 31.9 Å². The first-order valence-corrected chi connectivity index (χ1v) is 18.1. The SMILES string of the molecule is CCCCN(CCCC)C(=O)c1cc(C(=O)N(CCCC)CCCC)cc(-n2nc(C(C)(C)C)c(N=Nc3snc(C)c3C#N)c2N)c1.[Y]. The minimum absolute atomic E-state index is 0. The van der Waals surface area contributed by atoms with Crippen molar-refractivity contribution in [3.63, 3.8) is 0 Å². The summed E-state index contributed by atoms with van der Waals surface area (Å²) in [7, 11) is 0. The Hall–Kier alpha value is -3.01. The van der Waals surface area contributed by atoms with Crippen LogP contribution in [-0.2, 0) is 38.1 Å². The Labute approximate surface area is 321 Å². The van der Waals surface area contributed by atoms with Gasteiger partial charge in [0.2, 0.25) is 0 Å². The Morgan fingerprint density at radius 3 is 1.76 bits per heavy atom. The number of carbonyl (C=O) groups excluding carboxylic acids is 2. The van der Waals surface area contributed by atoms with E-state index < -0.39 is 5.41 Å². The second-order valence-electron chi connectivity index (χ2n) is 13.3. The fourth-order valence-corrected chi connectivity index (χ4v) is 5.92. The molecule has 263 valence electrons. The minimum atomic E-state index is -0.477. The van der Waals surface area contributed by atoms with Crippen LogP contribution in [0.25, 0.3) is 5.69 Å². The number of nitrogens with two attached hydrogens (primary N) is 1. The molecule has 3 rings (SSSR count). The molecule has 0 fully saturated rings. The number of azo groups is 1. The Kier molecular flexibility index (Phi) is 17.2. The van der Waals surface area contributed by atoms with E-state index in [2.05, 4.69) is 48.4 Å². The van der Waals surface area contributed by atoms with Crippen LogP contribution in [0.2, 0.25) is 0 Å². The molecule has 0 atom stereocenters. The number of benzene rings is 1. The molecule has 0 aliphatic heterocycles. The Bertz CT molecular complexity index is 1550. The zero-order chi connectivity index (χ0) is 35.4. The molecule has 2 amide bonds. The molecule has 11 nitrogen and oxygen atoms in total. The first kappa shape index (κ1) is 42.2. The summed E-state index contributed by atoms with van der Waals surface area (Å²) in [5.74, 6) is -0.0189. The van der Waals surface area contributed by atoms with Crippen LogP contribution in [0.15, 0.2) is 28.4 Å². The normalized spacial score (nSPS) is 11.4. The van der Waals surface area contributed by atoms with E-state index in [1.807, 2.05) is 30.6 Å². The smallest absolute Gasteiger partial charge is 0.253 e. The van der Waals surface area contributed by atoms with E-state index in [1.54, 1.807) is 29.8 Å². The number of unbranched alkanes of at least 4 members (excludes halogenated alkanes) is 4. The van der Waals surface area contributed by atoms with Crippen LogP contribution in [0.5, 0.6) is 0 Å². The second-order valence-corrected chi connectivity index (χ2v) is 14.0. The number of nitrogens with zero attached hydrogens (tertiary/aromatic N) is 8. The summed E-state index contributed by atoms with van der Waals surface area (Å²) in [5, 5.41) is 23.8. The summed E-state index contributed by atoms with van der Waals surface area (Å²) in [6.07, 6.45) is 7.45. The van der Waals surface area contributed by atoms with Crippen molar-refractivity contribution in [1.29, 1.82) is 5.26 Å². The van der Waals surface area contributed by atoms with Gasteiger partial charge < -0.3 is 15.5 Å². The van der Waals surface area contributed by atoms with Crippen molar-refractivity contribution < 1.29 is 42.3 Å². The third-order valence-corrected chi connectivity index (χ3v) is 8.98. The summed E-state index contributed by atoms with van der Waals surface area (Å²) in [6.45, 7) is 18.8. The molecular formula is C36H53N9O2SY. The molecule has 0 unspecified atom stereocenters. The standard InChI is InChI=1S/C36H53N9O2S.Y/c1-9-13-17-43(18-14-10-2)34(46)26-21-27(35(47)44(19-15-11-3)20-16-12-4)23-28(22-26)45-32(38)30(31(41-45)36(6,7)8)39-40-33-29(24-37)25(5)42-48-33;/h21-23H,9-20,38H2,1-8H3;. The van der Waals surface area contributed by atoms with Gasteiger partial charge in [-0.1, -0.05) is 74.1 Å². The molecule has 2 N–H and O–H groups in total. The monoisotopic (exact) mass is 764 g/mol. The van der Waals surface area contributed by atoms with Gasteiger partial charge in [-0.05, 0) is 62.3 Å². The fraction of sp³-hybridized carbons (Fsp3) is 0.583. The molecule has 49 heavy (non-hydrogen) atoms. The number of carbonyl (C=O) groups is 2. The van der Waals surface area contributed by atoms with Crippen molar-refractivity contribution in [2.24, 2.45) is 10.2 Å². The van der Waals surface area contributed by atoms with Crippen LogP contribution in [0.3, 0.4) is 0 Å². The zero-order valence-corrected chi connectivity index (χ0v) is 34.3. The van der Waals surface area contributed by atoms with E-state index in [-0.39, 0.29) is 50.3 Å². The van der Waals surface area contributed by atoms with Crippen molar-refractivity contribution >= 4 is 39.9 Å². The molecule has 0 bridgehead atoms. The predicted molar refractivity (Wildman–Crippen MR) is 194 cm³/mol. The van der Waals surface area contributed by atoms with Gasteiger partial charge >= 0.3 is 0 Å². The van der Waals surface area contributed by atoms with Crippen LogP contribution in [-0.4, -0.2) is 61.9 Å². The first-order valence-electron chi connectivity index (χ1n) is 17.3. The molecule has 1 radical (unpaired) electrons. The number of aromatic nitrogens is 3. The number of nitriles is 1. The quantitative estimate of drug-likeness (QED) is 0.136. The van der Waals surface area contributed by atoms with Crippen LogP contribution in [0.4, 0.5) is 16.5 Å². The number of hydrogen-bond donors (Lipinski definition) is 1. The van der Waals surface area contributed by atoms with Crippen LogP contribution < -0.4 is 5.73 Å². The van der Waals surface area contributed by atoms with Gasteiger partial charge in [-0.15, -0.1) is 10.2 Å². The average Bonchev–Trinajstić information content (AvgIpc) is 3.61. The molecule has 0 saturated heterocycles. The third-order valence-electron chi connectivity index (χ3n) is 8.16. The maximum atomic E-state index is 14.1. The fourth-order valence-electron chi connectivity index (χ4n) is 5.24. The molecule has 1 aromatic carbocycles. The third kappa shape index (κ3) is 11.0. The van der Waals surface area contributed by atoms with E-state index in [9.17, 15) is 14.9 Å². The van der Waals surface area contributed by atoms with Crippen molar-refractivity contribution in [2.45, 2.75) is 112 Å². The van der Waals surface area contributed by atoms with Crippen molar-refractivity contribution in [3.05, 3.63) is 46.3 Å². The van der Waals surface area contributed by atoms with E-state index in [0.717, 1.165) is 62.9 Å². The van der Waals surface area contributed by atoms with E-state index in [0.29, 0.717) is 70.6 Å². The predicted octanol–water partition coefficient (Wildman–Crippen LogP) is 8.89. The van der Waals surface area contributed by atoms with E-state index in [1.165, 1.54) is 0 Å². The zero-order valence-electron chi connectivity index (χ0n) is 30.7. The molecule has 0 spiro atoms. The van der Waals surface area contributed by atoms with E-state index in [4.69, 9.17) is 10.8 Å². The largest absolute Gasteiger partial charge is 0.382 e.